The predicted molar refractivity (Wildman–Crippen MR) is 98.2 cm³/mol. The maximum atomic E-state index is 9.98. The van der Waals surface area contributed by atoms with Gasteiger partial charge in [-0.1, -0.05) is 36.8 Å². The van der Waals surface area contributed by atoms with Crippen molar-refractivity contribution in [1.82, 2.24) is 4.90 Å². The fourth-order valence-corrected chi connectivity index (χ4v) is 5.39. The van der Waals surface area contributed by atoms with Crippen molar-refractivity contribution in [2.75, 3.05) is 13.1 Å². The SMILES string of the molecule is Oc1ccc2c(c1)[C@@]13CCC[C@@H]([C@@H]1O2)N(CCc1ccccc1)CC3. The van der Waals surface area contributed by atoms with Crippen LogP contribution in [0.15, 0.2) is 48.5 Å². The van der Waals surface area contributed by atoms with Crippen LogP contribution in [0.1, 0.15) is 36.8 Å². The van der Waals surface area contributed by atoms with Crippen LogP contribution in [0, 0.1) is 0 Å². The molecule has 1 saturated carbocycles. The molecule has 0 unspecified atom stereocenters. The quantitative estimate of drug-likeness (QED) is 0.923. The molecule has 25 heavy (non-hydrogen) atoms. The smallest absolute Gasteiger partial charge is 0.124 e. The van der Waals surface area contributed by atoms with Gasteiger partial charge in [0.15, 0.2) is 0 Å². The fourth-order valence-electron chi connectivity index (χ4n) is 5.39. The second kappa shape index (κ2) is 5.77. The Morgan fingerprint density at radius 3 is 2.88 bits per heavy atom. The highest BCUT2D eigenvalue weighted by atomic mass is 16.5. The van der Waals surface area contributed by atoms with Crippen LogP contribution in [0.3, 0.4) is 0 Å². The van der Waals surface area contributed by atoms with Gasteiger partial charge in [0.2, 0.25) is 0 Å². The minimum Gasteiger partial charge on any atom is -0.508 e. The van der Waals surface area contributed by atoms with E-state index in [2.05, 4.69) is 35.2 Å². The summed E-state index contributed by atoms with van der Waals surface area (Å²) < 4.78 is 6.45. The van der Waals surface area contributed by atoms with Gasteiger partial charge in [-0.2, -0.15) is 0 Å². The van der Waals surface area contributed by atoms with E-state index in [4.69, 9.17) is 4.74 Å². The molecule has 3 heteroatoms. The first-order valence-electron chi connectivity index (χ1n) is 9.54. The molecule has 0 spiro atoms. The lowest BCUT2D eigenvalue weighted by atomic mass is 9.62. The number of phenols is 1. The highest BCUT2D eigenvalue weighted by Crippen LogP contribution is 2.56. The first-order chi connectivity index (χ1) is 12.3. The number of hydrogen-bond acceptors (Lipinski definition) is 3. The number of nitrogens with zero attached hydrogens (tertiary/aromatic N) is 1. The first kappa shape index (κ1) is 15.3. The van der Waals surface area contributed by atoms with Gasteiger partial charge >= 0.3 is 0 Å². The second-order valence-corrected chi connectivity index (χ2v) is 7.86. The second-order valence-electron chi connectivity index (χ2n) is 7.86. The average Bonchev–Trinajstić information content (AvgIpc) is 2.97. The van der Waals surface area contributed by atoms with Crippen LogP contribution in [0.2, 0.25) is 0 Å². The van der Waals surface area contributed by atoms with E-state index in [1.165, 1.54) is 30.4 Å². The highest BCUT2D eigenvalue weighted by Gasteiger charge is 2.57. The van der Waals surface area contributed by atoms with Crippen LogP contribution in [-0.2, 0) is 11.8 Å². The Labute approximate surface area is 149 Å². The van der Waals surface area contributed by atoms with Gasteiger partial charge in [-0.25, -0.2) is 0 Å². The van der Waals surface area contributed by atoms with Gasteiger partial charge in [0.1, 0.15) is 17.6 Å². The molecule has 2 aliphatic heterocycles. The van der Waals surface area contributed by atoms with Gasteiger partial charge in [0.25, 0.3) is 0 Å². The molecule has 1 aliphatic carbocycles. The molecule has 2 bridgehead atoms. The van der Waals surface area contributed by atoms with Gasteiger partial charge in [-0.3, -0.25) is 4.90 Å². The summed E-state index contributed by atoms with van der Waals surface area (Å²) in [5.74, 6) is 1.37. The van der Waals surface area contributed by atoms with Crippen molar-refractivity contribution >= 4 is 0 Å². The van der Waals surface area contributed by atoms with E-state index in [0.29, 0.717) is 11.8 Å². The molecule has 2 heterocycles. The molecule has 5 rings (SSSR count). The van der Waals surface area contributed by atoms with Crippen LogP contribution in [-0.4, -0.2) is 35.2 Å². The topological polar surface area (TPSA) is 32.7 Å². The number of piperidine rings is 1. The molecule has 3 nitrogen and oxygen atoms in total. The summed E-state index contributed by atoms with van der Waals surface area (Å²) in [6, 6.07) is 16.9. The standard InChI is InChI=1S/C22H25NO2/c24-17-8-9-20-18(15-17)22-11-4-7-19(21(22)25-20)23(14-12-22)13-10-16-5-2-1-3-6-16/h1-3,5-6,8-9,15,19,21,24H,4,7,10-14H2/t19-,21-,22-/m0/s1. The van der Waals surface area contributed by atoms with Gasteiger partial charge in [0, 0.05) is 23.6 Å². The molecule has 3 aliphatic rings. The Hall–Kier alpha value is -2.00. The van der Waals surface area contributed by atoms with E-state index in [0.717, 1.165) is 31.7 Å². The van der Waals surface area contributed by atoms with Crippen molar-refractivity contribution in [3.8, 4) is 11.5 Å². The van der Waals surface area contributed by atoms with Crippen molar-refractivity contribution in [2.45, 2.75) is 49.7 Å². The number of fused-ring (bicyclic) bond motifs is 1. The van der Waals surface area contributed by atoms with Crippen LogP contribution in [0.5, 0.6) is 11.5 Å². The number of ether oxygens (including phenoxy) is 1. The predicted octanol–water partition coefficient (Wildman–Crippen LogP) is 3.89. The first-order valence-corrected chi connectivity index (χ1v) is 9.54. The van der Waals surface area contributed by atoms with Gasteiger partial charge in [-0.15, -0.1) is 0 Å². The fraction of sp³-hybridized carbons (Fsp3) is 0.455. The van der Waals surface area contributed by atoms with Crippen LogP contribution in [0.25, 0.3) is 0 Å². The largest absolute Gasteiger partial charge is 0.508 e. The minimum absolute atomic E-state index is 0.125. The highest BCUT2D eigenvalue weighted by molar-refractivity contribution is 5.50. The number of phenolic OH excluding ortho intramolecular Hbond substituents is 1. The summed E-state index contributed by atoms with van der Waals surface area (Å²) >= 11 is 0. The van der Waals surface area contributed by atoms with Crippen molar-refractivity contribution in [3.63, 3.8) is 0 Å². The molecule has 0 radical (unpaired) electrons. The van der Waals surface area contributed by atoms with Gasteiger partial charge < -0.3 is 9.84 Å². The molecule has 1 N–H and O–H groups in total. The van der Waals surface area contributed by atoms with Gasteiger partial charge in [0.05, 0.1) is 0 Å². The summed E-state index contributed by atoms with van der Waals surface area (Å²) in [6.07, 6.45) is 6.16. The molecule has 1 saturated heterocycles. The zero-order chi connectivity index (χ0) is 16.9. The average molecular weight is 335 g/mol. The van der Waals surface area contributed by atoms with Crippen molar-refractivity contribution in [2.24, 2.45) is 0 Å². The Balaban J connectivity index is 1.39. The Kier molecular flexibility index (Phi) is 3.53. The summed E-state index contributed by atoms with van der Waals surface area (Å²) in [5.41, 5.74) is 2.79. The number of likely N-dealkylation sites (tertiary alicyclic amines) is 1. The lowest BCUT2D eigenvalue weighted by molar-refractivity contribution is -0.0412. The van der Waals surface area contributed by atoms with E-state index in [-0.39, 0.29) is 11.5 Å². The molecule has 3 atom stereocenters. The monoisotopic (exact) mass is 335 g/mol. The van der Waals surface area contributed by atoms with Crippen LogP contribution >= 0.6 is 0 Å². The van der Waals surface area contributed by atoms with Gasteiger partial charge in [-0.05, 0) is 56.0 Å². The third kappa shape index (κ3) is 2.36. The van der Waals surface area contributed by atoms with Crippen LogP contribution < -0.4 is 4.74 Å². The molecule has 0 amide bonds. The molecular formula is C22H25NO2. The molecule has 2 aromatic rings. The van der Waals surface area contributed by atoms with Crippen LogP contribution in [0.4, 0.5) is 0 Å². The van der Waals surface area contributed by atoms with Crippen molar-refractivity contribution < 1.29 is 9.84 Å². The van der Waals surface area contributed by atoms with E-state index in [1.54, 1.807) is 6.07 Å². The third-order valence-electron chi connectivity index (χ3n) is 6.62. The van der Waals surface area contributed by atoms with E-state index in [1.807, 2.05) is 12.1 Å². The summed E-state index contributed by atoms with van der Waals surface area (Å²) in [4.78, 5) is 2.65. The molecule has 2 fully saturated rings. The molecule has 2 aromatic carbocycles. The number of hydrogen-bond donors (Lipinski definition) is 1. The van der Waals surface area contributed by atoms with E-state index < -0.39 is 0 Å². The third-order valence-corrected chi connectivity index (χ3v) is 6.62. The molecule has 130 valence electrons. The number of aromatic hydroxyl groups is 1. The van der Waals surface area contributed by atoms with E-state index >= 15 is 0 Å². The number of benzene rings is 2. The molecular weight excluding hydrogens is 310 g/mol. The Morgan fingerprint density at radius 1 is 1.12 bits per heavy atom. The lowest BCUT2D eigenvalue weighted by Gasteiger charge is -2.52. The zero-order valence-corrected chi connectivity index (χ0v) is 14.5. The van der Waals surface area contributed by atoms with Crippen molar-refractivity contribution in [3.05, 3.63) is 59.7 Å². The minimum atomic E-state index is 0.125. The lowest BCUT2D eigenvalue weighted by Crippen LogP contribution is -2.62. The molecule has 0 aromatic heterocycles. The Morgan fingerprint density at radius 2 is 2.00 bits per heavy atom. The normalized spacial score (nSPS) is 30.4. The Bertz CT molecular complexity index is 775. The summed E-state index contributed by atoms with van der Waals surface area (Å²) in [7, 11) is 0. The summed E-state index contributed by atoms with van der Waals surface area (Å²) in [6.45, 7) is 2.23. The zero-order valence-electron chi connectivity index (χ0n) is 14.5. The van der Waals surface area contributed by atoms with Crippen molar-refractivity contribution in [1.29, 1.82) is 0 Å². The van der Waals surface area contributed by atoms with E-state index in [9.17, 15) is 5.11 Å². The maximum Gasteiger partial charge on any atom is 0.124 e. The summed E-state index contributed by atoms with van der Waals surface area (Å²) in [5, 5.41) is 9.98. The number of rotatable bonds is 3. The maximum absolute atomic E-state index is 9.98.